The molecule has 96 valence electrons. The highest BCUT2D eigenvalue weighted by atomic mass is 28.4. The minimum Gasteiger partial charge on any atom is -0.377 e. The molecule has 0 spiro atoms. The van der Waals surface area contributed by atoms with Crippen molar-refractivity contribution in [1.29, 1.82) is 0 Å². The first kappa shape index (κ1) is 14.3. The lowest BCUT2D eigenvalue weighted by molar-refractivity contribution is 0.0361. The summed E-state index contributed by atoms with van der Waals surface area (Å²) >= 11 is 0. The van der Waals surface area contributed by atoms with Gasteiger partial charge in [-0.2, -0.15) is 0 Å². The van der Waals surface area contributed by atoms with E-state index in [0.29, 0.717) is 6.42 Å². The second-order valence-electron chi connectivity index (χ2n) is 3.63. The second-order valence-corrected chi connectivity index (χ2v) is 6.71. The summed E-state index contributed by atoms with van der Waals surface area (Å²) in [6, 6.07) is 10.1. The van der Waals surface area contributed by atoms with E-state index in [1.165, 1.54) is 5.56 Å². The number of hydrogen-bond donors (Lipinski definition) is 0. The van der Waals surface area contributed by atoms with Crippen molar-refractivity contribution < 1.29 is 18.0 Å². The van der Waals surface area contributed by atoms with Gasteiger partial charge in [0, 0.05) is 34.9 Å². The van der Waals surface area contributed by atoms with Crippen LogP contribution < -0.4 is 0 Å². The standard InChI is InChI=1S/C12H20O4Si/c1-13-12(17(14-2,15-3)16-4)10-11-8-6-5-7-9-11/h5-9,12H,10H2,1-4H3. The van der Waals surface area contributed by atoms with Crippen LogP contribution in [0.1, 0.15) is 5.56 Å². The van der Waals surface area contributed by atoms with Gasteiger partial charge in [0.2, 0.25) is 0 Å². The monoisotopic (exact) mass is 256 g/mol. The molecule has 0 bridgehead atoms. The van der Waals surface area contributed by atoms with Crippen molar-refractivity contribution in [3.05, 3.63) is 35.9 Å². The Balaban J connectivity index is 2.83. The fourth-order valence-electron chi connectivity index (χ4n) is 1.83. The first-order chi connectivity index (χ1) is 8.22. The number of methoxy groups -OCH3 is 1. The lowest BCUT2D eigenvalue weighted by Crippen LogP contribution is -2.56. The molecule has 4 nitrogen and oxygen atoms in total. The van der Waals surface area contributed by atoms with Crippen LogP contribution in [0.5, 0.6) is 0 Å². The minimum absolute atomic E-state index is 0.204. The van der Waals surface area contributed by atoms with Crippen LogP contribution in [0.15, 0.2) is 30.3 Å². The maximum absolute atomic E-state index is 5.48. The zero-order chi connectivity index (χ0) is 12.7. The fourth-order valence-corrected chi connectivity index (χ4v) is 3.89. The molecule has 0 radical (unpaired) electrons. The van der Waals surface area contributed by atoms with Gasteiger partial charge in [-0.1, -0.05) is 30.3 Å². The van der Waals surface area contributed by atoms with Crippen molar-refractivity contribution in [2.24, 2.45) is 0 Å². The van der Waals surface area contributed by atoms with E-state index in [2.05, 4.69) is 0 Å². The molecule has 0 aromatic heterocycles. The average Bonchev–Trinajstić information content (AvgIpc) is 2.41. The van der Waals surface area contributed by atoms with E-state index < -0.39 is 8.80 Å². The third-order valence-corrected chi connectivity index (χ3v) is 5.73. The summed E-state index contributed by atoms with van der Waals surface area (Å²) < 4.78 is 21.8. The Morgan fingerprint density at radius 3 is 1.88 bits per heavy atom. The molecule has 0 fully saturated rings. The van der Waals surface area contributed by atoms with Crippen LogP contribution in [0.4, 0.5) is 0 Å². The molecular formula is C12H20O4Si. The maximum atomic E-state index is 5.48. The zero-order valence-electron chi connectivity index (χ0n) is 10.8. The topological polar surface area (TPSA) is 36.9 Å². The van der Waals surface area contributed by atoms with Gasteiger partial charge < -0.3 is 18.0 Å². The molecule has 5 heteroatoms. The molecule has 0 saturated carbocycles. The molecule has 0 aliphatic rings. The van der Waals surface area contributed by atoms with Crippen LogP contribution in [0.25, 0.3) is 0 Å². The minimum atomic E-state index is -2.75. The van der Waals surface area contributed by atoms with Crippen molar-refractivity contribution in [2.45, 2.75) is 12.1 Å². The summed E-state index contributed by atoms with van der Waals surface area (Å²) in [4.78, 5) is 0. The average molecular weight is 256 g/mol. The highest BCUT2D eigenvalue weighted by molar-refractivity contribution is 6.62. The van der Waals surface area contributed by atoms with Crippen molar-refractivity contribution in [2.75, 3.05) is 28.4 Å². The Bertz CT molecular complexity index is 305. The lowest BCUT2D eigenvalue weighted by Gasteiger charge is -2.31. The molecule has 1 rings (SSSR count). The third-order valence-electron chi connectivity index (χ3n) is 2.80. The van der Waals surface area contributed by atoms with Crippen molar-refractivity contribution >= 4 is 8.80 Å². The lowest BCUT2D eigenvalue weighted by atomic mass is 10.2. The first-order valence-electron chi connectivity index (χ1n) is 5.44. The highest BCUT2D eigenvalue weighted by Gasteiger charge is 2.48. The summed E-state index contributed by atoms with van der Waals surface area (Å²) in [7, 11) is 3.67. The summed E-state index contributed by atoms with van der Waals surface area (Å²) in [5.74, 6) is 0. The van der Waals surface area contributed by atoms with Gasteiger partial charge in [0.25, 0.3) is 0 Å². The van der Waals surface area contributed by atoms with E-state index in [4.69, 9.17) is 18.0 Å². The number of ether oxygens (including phenoxy) is 1. The Morgan fingerprint density at radius 1 is 0.941 bits per heavy atom. The third kappa shape index (κ3) is 3.37. The van der Waals surface area contributed by atoms with E-state index >= 15 is 0 Å². The summed E-state index contributed by atoms with van der Waals surface area (Å²) in [6.07, 6.45) is 0.707. The molecule has 1 unspecified atom stereocenters. The Hall–Kier alpha value is -0.723. The van der Waals surface area contributed by atoms with E-state index in [9.17, 15) is 0 Å². The van der Waals surface area contributed by atoms with Crippen LogP contribution in [0.2, 0.25) is 0 Å². The normalized spacial score (nSPS) is 13.6. The molecule has 0 heterocycles. The Labute approximate surface area is 104 Å². The SMILES string of the molecule is COC(Cc1ccccc1)[Si](OC)(OC)OC. The quantitative estimate of drug-likeness (QED) is 0.695. The van der Waals surface area contributed by atoms with E-state index in [0.717, 1.165) is 0 Å². The number of hydrogen-bond acceptors (Lipinski definition) is 4. The van der Waals surface area contributed by atoms with Gasteiger partial charge in [0.15, 0.2) is 0 Å². The first-order valence-corrected chi connectivity index (χ1v) is 7.24. The zero-order valence-corrected chi connectivity index (χ0v) is 11.8. The van der Waals surface area contributed by atoms with Crippen LogP contribution in [0.3, 0.4) is 0 Å². The van der Waals surface area contributed by atoms with Crippen molar-refractivity contribution in [1.82, 2.24) is 0 Å². The Kier molecular flexibility index (Phi) is 5.80. The fraction of sp³-hybridized carbons (Fsp3) is 0.500. The van der Waals surface area contributed by atoms with Crippen LogP contribution in [-0.4, -0.2) is 43.0 Å². The summed E-state index contributed by atoms with van der Waals surface area (Å²) in [5.41, 5.74) is 0.965. The van der Waals surface area contributed by atoms with Gasteiger partial charge in [-0.15, -0.1) is 0 Å². The van der Waals surface area contributed by atoms with Gasteiger partial charge >= 0.3 is 8.80 Å². The second kappa shape index (κ2) is 6.88. The molecule has 0 N–H and O–H groups in total. The van der Waals surface area contributed by atoms with E-state index in [-0.39, 0.29) is 5.73 Å². The molecule has 0 saturated heterocycles. The van der Waals surface area contributed by atoms with Gasteiger partial charge in [0.05, 0.1) is 0 Å². The predicted molar refractivity (Wildman–Crippen MR) is 67.7 cm³/mol. The Morgan fingerprint density at radius 2 is 1.47 bits per heavy atom. The molecule has 1 atom stereocenters. The van der Waals surface area contributed by atoms with Gasteiger partial charge in [-0.05, 0) is 5.56 Å². The molecule has 1 aromatic carbocycles. The van der Waals surface area contributed by atoms with Crippen molar-refractivity contribution in [3.63, 3.8) is 0 Å². The molecule has 17 heavy (non-hydrogen) atoms. The predicted octanol–water partition coefficient (Wildman–Crippen LogP) is 1.66. The molecule has 0 aliphatic heterocycles. The highest BCUT2D eigenvalue weighted by Crippen LogP contribution is 2.18. The maximum Gasteiger partial charge on any atom is 0.530 e. The van der Waals surface area contributed by atoms with Gasteiger partial charge in [0.1, 0.15) is 5.73 Å². The largest absolute Gasteiger partial charge is 0.530 e. The van der Waals surface area contributed by atoms with E-state index in [1.54, 1.807) is 28.4 Å². The number of rotatable bonds is 7. The molecular weight excluding hydrogens is 236 g/mol. The molecule has 0 aliphatic carbocycles. The van der Waals surface area contributed by atoms with Gasteiger partial charge in [-0.3, -0.25) is 0 Å². The smallest absolute Gasteiger partial charge is 0.377 e. The van der Waals surface area contributed by atoms with Crippen LogP contribution >= 0.6 is 0 Å². The number of benzene rings is 1. The molecule has 0 amide bonds. The van der Waals surface area contributed by atoms with Crippen molar-refractivity contribution in [3.8, 4) is 0 Å². The van der Waals surface area contributed by atoms with E-state index in [1.807, 2.05) is 30.3 Å². The molecule has 1 aromatic rings. The summed E-state index contributed by atoms with van der Waals surface area (Å²) in [6.45, 7) is 0. The van der Waals surface area contributed by atoms with Crippen LogP contribution in [-0.2, 0) is 24.4 Å². The summed E-state index contributed by atoms with van der Waals surface area (Å²) in [5, 5.41) is 0. The van der Waals surface area contributed by atoms with Crippen LogP contribution in [0, 0.1) is 0 Å². The van der Waals surface area contributed by atoms with Gasteiger partial charge in [-0.25, -0.2) is 0 Å².